The van der Waals surface area contributed by atoms with E-state index in [0.29, 0.717) is 44.2 Å². The minimum atomic E-state index is -0.410. The van der Waals surface area contributed by atoms with Crippen molar-refractivity contribution in [1.82, 2.24) is 5.32 Å². The molecule has 7 heteroatoms. The normalized spacial score (nSPS) is 12.4. The quantitative estimate of drug-likeness (QED) is 0.244. The molecule has 1 N–H and O–H groups in total. The molecule has 0 bridgehead atoms. The molecule has 0 aliphatic carbocycles. The molecule has 0 aromatic carbocycles. The van der Waals surface area contributed by atoms with Crippen molar-refractivity contribution < 1.29 is 23.9 Å². The van der Waals surface area contributed by atoms with Crippen LogP contribution in [0.1, 0.15) is 39.5 Å². The molecule has 0 heterocycles. The van der Waals surface area contributed by atoms with Crippen molar-refractivity contribution >= 4 is 34.3 Å². The fourth-order valence-electron chi connectivity index (χ4n) is 1.82. The Morgan fingerprint density at radius 2 is 1.77 bits per heavy atom. The number of nitrogens with one attached hydrogen (secondary N) is 1. The van der Waals surface area contributed by atoms with E-state index in [1.807, 2.05) is 6.08 Å². The first kappa shape index (κ1) is 20.6. The SMILES string of the molecule is CCOC(=O)CCC/C(=C/C(CC(=O)OCC)NC=O)CBr. The van der Waals surface area contributed by atoms with E-state index in [1.165, 1.54) is 0 Å². The Bertz CT molecular complexity index is 384. The lowest BCUT2D eigenvalue weighted by Crippen LogP contribution is -2.29. The van der Waals surface area contributed by atoms with Gasteiger partial charge in [-0.2, -0.15) is 0 Å². The van der Waals surface area contributed by atoms with Gasteiger partial charge in [0.05, 0.1) is 25.7 Å². The number of allylic oxidation sites excluding steroid dienone is 1. The first-order valence-corrected chi connectivity index (χ1v) is 8.45. The van der Waals surface area contributed by atoms with E-state index >= 15 is 0 Å². The van der Waals surface area contributed by atoms with Crippen LogP contribution in [0.15, 0.2) is 11.6 Å². The fraction of sp³-hybridized carbons (Fsp3) is 0.667. The molecule has 0 aliphatic rings. The number of hydrogen-bond acceptors (Lipinski definition) is 5. The van der Waals surface area contributed by atoms with Crippen molar-refractivity contribution in [3.05, 3.63) is 11.6 Å². The third-order valence-electron chi connectivity index (χ3n) is 2.77. The summed E-state index contributed by atoms with van der Waals surface area (Å²) >= 11 is 3.37. The molecule has 22 heavy (non-hydrogen) atoms. The number of rotatable bonds is 12. The molecule has 0 aromatic heterocycles. The van der Waals surface area contributed by atoms with Gasteiger partial charge in [-0.25, -0.2) is 0 Å². The lowest BCUT2D eigenvalue weighted by Gasteiger charge is -2.13. The lowest BCUT2D eigenvalue weighted by atomic mass is 10.1. The Balaban J connectivity index is 4.48. The fourth-order valence-corrected chi connectivity index (χ4v) is 2.29. The van der Waals surface area contributed by atoms with Gasteiger partial charge in [0.25, 0.3) is 0 Å². The van der Waals surface area contributed by atoms with Crippen molar-refractivity contribution in [2.24, 2.45) is 0 Å². The second kappa shape index (κ2) is 13.3. The van der Waals surface area contributed by atoms with Crippen LogP contribution in [0.4, 0.5) is 0 Å². The molecule has 0 saturated carbocycles. The highest BCUT2D eigenvalue weighted by Crippen LogP contribution is 2.13. The standard InChI is InChI=1S/C15H24BrNO5/c1-3-21-14(19)7-5-6-12(10-16)8-13(17-11-18)9-15(20)22-4-2/h8,11,13H,3-7,9-10H2,1-2H3,(H,17,18)/b12-8-. The van der Waals surface area contributed by atoms with E-state index in [1.54, 1.807) is 13.8 Å². The summed E-state index contributed by atoms with van der Waals surface area (Å²) in [5.74, 6) is -0.580. The molecule has 0 rings (SSSR count). The summed E-state index contributed by atoms with van der Waals surface area (Å²) in [6.07, 6.45) is 4.16. The van der Waals surface area contributed by atoms with E-state index in [2.05, 4.69) is 21.2 Å². The number of alkyl halides is 1. The van der Waals surface area contributed by atoms with Crippen LogP contribution >= 0.6 is 15.9 Å². The molecule has 0 saturated heterocycles. The van der Waals surface area contributed by atoms with Crippen molar-refractivity contribution in [3.63, 3.8) is 0 Å². The van der Waals surface area contributed by atoms with Gasteiger partial charge in [0.1, 0.15) is 0 Å². The number of amides is 1. The van der Waals surface area contributed by atoms with Crippen LogP contribution < -0.4 is 5.32 Å². The summed E-state index contributed by atoms with van der Waals surface area (Å²) in [6, 6.07) is -0.410. The summed E-state index contributed by atoms with van der Waals surface area (Å²) < 4.78 is 9.74. The van der Waals surface area contributed by atoms with Crippen molar-refractivity contribution in [2.45, 2.75) is 45.6 Å². The minimum Gasteiger partial charge on any atom is -0.466 e. The Morgan fingerprint density at radius 3 is 2.32 bits per heavy atom. The van der Waals surface area contributed by atoms with Crippen LogP contribution in [0.5, 0.6) is 0 Å². The van der Waals surface area contributed by atoms with Crippen molar-refractivity contribution in [2.75, 3.05) is 18.5 Å². The van der Waals surface area contributed by atoms with Crippen molar-refractivity contribution in [3.8, 4) is 0 Å². The summed E-state index contributed by atoms with van der Waals surface area (Å²) in [5.41, 5.74) is 1.01. The molecule has 126 valence electrons. The molecule has 1 amide bonds. The maximum Gasteiger partial charge on any atom is 0.308 e. The monoisotopic (exact) mass is 377 g/mol. The molecular formula is C15H24BrNO5. The highest BCUT2D eigenvalue weighted by molar-refractivity contribution is 9.09. The Morgan fingerprint density at radius 1 is 1.14 bits per heavy atom. The molecule has 0 fully saturated rings. The zero-order valence-electron chi connectivity index (χ0n) is 13.1. The third-order valence-corrected chi connectivity index (χ3v) is 3.49. The molecule has 0 aromatic rings. The van der Waals surface area contributed by atoms with Crippen LogP contribution in [0.3, 0.4) is 0 Å². The van der Waals surface area contributed by atoms with Gasteiger partial charge in [0.2, 0.25) is 6.41 Å². The molecule has 6 nitrogen and oxygen atoms in total. The lowest BCUT2D eigenvalue weighted by molar-refractivity contribution is -0.144. The van der Waals surface area contributed by atoms with E-state index in [9.17, 15) is 14.4 Å². The molecule has 0 spiro atoms. The average Bonchev–Trinajstić information content (AvgIpc) is 2.46. The number of halogens is 1. The summed E-state index contributed by atoms with van der Waals surface area (Å²) in [4.78, 5) is 33.4. The van der Waals surface area contributed by atoms with E-state index in [0.717, 1.165) is 5.57 Å². The summed E-state index contributed by atoms with van der Waals surface area (Å²) in [6.45, 7) is 4.19. The highest BCUT2D eigenvalue weighted by Gasteiger charge is 2.13. The van der Waals surface area contributed by atoms with Crippen LogP contribution in [0.2, 0.25) is 0 Å². The number of carbonyl (C=O) groups excluding carboxylic acids is 3. The summed E-state index contributed by atoms with van der Waals surface area (Å²) in [7, 11) is 0. The summed E-state index contributed by atoms with van der Waals surface area (Å²) in [5, 5.41) is 3.19. The van der Waals surface area contributed by atoms with E-state index < -0.39 is 6.04 Å². The zero-order valence-corrected chi connectivity index (χ0v) is 14.7. The first-order valence-electron chi connectivity index (χ1n) is 7.33. The number of carbonyl (C=O) groups is 3. The largest absolute Gasteiger partial charge is 0.466 e. The molecule has 1 atom stereocenters. The average molecular weight is 378 g/mol. The second-order valence-corrected chi connectivity index (χ2v) is 5.08. The van der Waals surface area contributed by atoms with Gasteiger partial charge < -0.3 is 14.8 Å². The topological polar surface area (TPSA) is 81.7 Å². The van der Waals surface area contributed by atoms with Gasteiger partial charge in [-0.15, -0.1) is 0 Å². The zero-order chi connectivity index (χ0) is 16.8. The first-order chi connectivity index (χ1) is 10.6. The van der Waals surface area contributed by atoms with Gasteiger partial charge in [-0.05, 0) is 26.7 Å². The molecule has 0 aliphatic heterocycles. The van der Waals surface area contributed by atoms with Gasteiger partial charge in [0, 0.05) is 11.8 Å². The predicted molar refractivity (Wildman–Crippen MR) is 86.6 cm³/mol. The van der Waals surface area contributed by atoms with E-state index in [-0.39, 0.29) is 18.4 Å². The number of ether oxygens (including phenoxy) is 2. The Kier molecular flexibility index (Phi) is 12.5. The van der Waals surface area contributed by atoms with Crippen molar-refractivity contribution in [1.29, 1.82) is 0 Å². The predicted octanol–water partition coefficient (Wildman–Crippen LogP) is 2.11. The highest BCUT2D eigenvalue weighted by atomic mass is 79.9. The van der Waals surface area contributed by atoms with E-state index in [4.69, 9.17) is 9.47 Å². The Hall–Kier alpha value is -1.37. The maximum absolute atomic E-state index is 11.5. The van der Waals surface area contributed by atoms with Gasteiger partial charge >= 0.3 is 11.9 Å². The smallest absolute Gasteiger partial charge is 0.308 e. The number of esters is 2. The van der Waals surface area contributed by atoms with Gasteiger partial charge in [0.15, 0.2) is 0 Å². The minimum absolute atomic E-state index is 0.0843. The van der Waals surface area contributed by atoms with Gasteiger partial charge in [-0.3, -0.25) is 14.4 Å². The molecular weight excluding hydrogens is 354 g/mol. The second-order valence-electron chi connectivity index (χ2n) is 4.52. The maximum atomic E-state index is 11.5. The third kappa shape index (κ3) is 10.4. The van der Waals surface area contributed by atoms with Crippen LogP contribution in [0, 0.1) is 0 Å². The van der Waals surface area contributed by atoms with Crippen LogP contribution in [0.25, 0.3) is 0 Å². The van der Waals surface area contributed by atoms with Crippen LogP contribution in [-0.4, -0.2) is 42.9 Å². The molecule has 0 radical (unpaired) electrons. The number of hydrogen-bond donors (Lipinski definition) is 1. The van der Waals surface area contributed by atoms with Crippen LogP contribution in [-0.2, 0) is 23.9 Å². The van der Waals surface area contributed by atoms with Gasteiger partial charge in [-0.1, -0.05) is 27.6 Å². The Labute approximate surface area is 139 Å². The molecule has 1 unspecified atom stereocenters.